The Balaban J connectivity index is 2.27. The third-order valence-corrected chi connectivity index (χ3v) is 3.39. The van der Waals surface area contributed by atoms with Crippen LogP contribution in [0.25, 0.3) is 0 Å². The van der Waals surface area contributed by atoms with Gasteiger partial charge in [0, 0.05) is 31.7 Å². The Bertz CT molecular complexity index is 482. The van der Waals surface area contributed by atoms with Crippen molar-refractivity contribution in [3.8, 4) is 0 Å². The number of carbonyl (C=O) groups is 1. The zero-order valence-corrected chi connectivity index (χ0v) is 11.2. The van der Waals surface area contributed by atoms with E-state index in [0.717, 1.165) is 5.56 Å². The molecule has 0 radical (unpaired) electrons. The molecule has 0 saturated carbocycles. The number of hydrogen-bond acceptors (Lipinski definition) is 2. The van der Waals surface area contributed by atoms with Crippen molar-refractivity contribution in [2.45, 2.75) is 19.8 Å². The zero-order valence-electron chi connectivity index (χ0n) is 11.2. The molecule has 0 unspecified atom stereocenters. The maximum absolute atomic E-state index is 14.3. The minimum Gasteiger partial charge on any atom is -0.335 e. The van der Waals surface area contributed by atoms with E-state index < -0.39 is 11.8 Å². The molecule has 1 saturated heterocycles. The minimum absolute atomic E-state index is 0.193. The van der Waals surface area contributed by atoms with Gasteiger partial charge in [-0.25, -0.2) is 0 Å². The zero-order chi connectivity index (χ0) is 14.0. The fourth-order valence-corrected chi connectivity index (χ4v) is 2.35. The molecule has 5 heteroatoms. The second kappa shape index (κ2) is 5.25. The van der Waals surface area contributed by atoms with Crippen molar-refractivity contribution in [2.75, 3.05) is 26.2 Å². The van der Waals surface area contributed by atoms with Gasteiger partial charge in [-0.3, -0.25) is 4.79 Å². The number of rotatable bonds is 2. The van der Waals surface area contributed by atoms with E-state index in [1.54, 1.807) is 19.1 Å². The van der Waals surface area contributed by atoms with E-state index in [9.17, 15) is 13.6 Å². The summed E-state index contributed by atoms with van der Waals surface area (Å²) in [6, 6.07) is 4.64. The number of amides is 1. The lowest BCUT2D eigenvalue weighted by molar-refractivity contribution is -0.159. The maximum atomic E-state index is 14.3. The van der Waals surface area contributed by atoms with Crippen molar-refractivity contribution in [2.24, 2.45) is 0 Å². The summed E-state index contributed by atoms with van der Waals surface area (Å²) in [7, 11) is 0. The summed E-state index contributed by atoms with van der Waals surface area (Å²) in [6.07, 6.45) is 0. The molecule has 3 nitrogen and oxygen atoms in total. The quantitative estimate of drug-likeness (QED) is 0.887. The molecule has 0 atom stereocenters. The Kier molecular flexibility index (Phi) is 3.85. The molecular formula is C14H18F2N2O. The summed E-state index contributed by atoms with van der Waals surface area (Å²) in [5.74, 6) is -4.55. The summed E-state index contributed by atoms with van der Waals surface area (Å²) < 4.78 is 28.6. The predicted octanol–water partition coefficient (Wildman–Crippen LogP) is 1.83. The van der Waals surface area contributed by atoms with Crippen molar-refractivity contribution >= 4 is 5.91 Å². The van der Waals surface area contributed by atoms with Crippen LogP contribution < -0.4 is 5.32 Å². The van der Waals surface area contributed by atoms with Gasteiger partial charge in [0.25, 0.3) is 5.91 Å². The van der Waals surface area contributed by atoms with E-state index in [-0.39, 0.29) is 5.56 Å². The highest BCUT2D eigenvalue weighted by Crippen LogP contribution is 2.33. The van der Waals surface area contributed by atoms with Crippen LogP contribution in [0.3, 0.4) is 0 Å². The third-order valence-electron chi connectivity index (χ3n) is 3.39. The van der Waals surface area contributed by atoms with E-state index in [1.807, 2.05) is 6.92 Å². The van der Waals surface area contributed by atoms with Gasteiger partial charge >= 0.3 is 5.92 Å². The second-order valence-corrected chi connectivity index (χ2v) is 4.93. The van der Waals surface area contributed by atoms with Gasteiger partial charge < -0.3 is 10.2 Å². The average Bonchev–Trinajstić information content (AvgIpc) is 2.38. The molecule has 1 aromatic rings. The number of carbonyl (C=O) groups excluding carboxylic acids is 1. The van der Waals surface area contributed by atoms with Crippen molar-refractivity contribution in [1.82, 2.24) is 10.2 Å². The number of hydrogen-bond donors (Lipinski definition) is 1. The van der Waals surface area contributed by atoms with Crippen LogP contribution in [0.2, 0.25) is 0 Å². The van der Waals surface area contributed by atoms with Crippen LogP contribution in [0.4, 0.5) is 8.78 Å². The van der Waals surface area contributed by atoms with Gasteiger partial charge in [-0.1, -0.05) is 23.8 Å². The van der Waals surface area contributed by atoms with Gasteiger partial charge in [0.15, 0.2) is 0 Å². The lowest BCUT2D eigenvalue weighted by Gasteiger charge is -2.31. The van der Waals surface area contributed by atoms with Crippen molar-refractivity contribution in [1.29, 1.82) is 0 Å². The Morgan fingerprint density at radius 1 is 1.26 bits per heavy atom. The Morgan fingerprint density at radius 3 is 2.47 bits per heavy atom. The van der Waals surface area contributed by atoms with Crippen molar-refractivity contribution in [3.63, 3.8) is 0 Å². The summed E-state index contributed by atoms with van der Waals surface area (Å²) in [5.41, 5.74) is 1.17. The number of nitrogens with one attached hydrogen (secondary N) is 1. The van der Waals surface area contributed by atoms with Crippen LogP contribution in [0.5, 0.6) is 0 Å². The lowest BCUT2D eigenvalue weighted by atomic mass is 9.99. The summed E-state index contributed by atoms with van der Waals surface area (Å²) in [6.45, 7) is 5.25. The summed E-state index contributed by atoms with van der Waals surface area (Å²) in [4.78, 5) is 13.2. The Labute approximate surface area is 111 Å². The van der Waals surface area contributed by atoms with E-state index in [1.165, 1.54) is 11.0 Å². The van der Waals surface area contributed by atoms with E-state index in [0.29, 0.717) is 31.7 Å². The number of benzene rings is 1. The first kappa shape index (κ1) is 13.9. The normalized spacial score (nSPS) is 16.5. The molecule has 1 heterocycles. The summed E-state index contributed by atoms with van der Waals surface area (Å²) in [5, 5.41) is 3.04. The molecular weight excluding hydrogens is 250 g/mol. The van der Waals surface area contributed by atoms with E-state index >= 15 is 0 Å². The van der Waals surface area contributed by atoms with Crippen LogP contribution >= 0.6 is 0 Å². The van der Waals surface area contributed by atoms with E-state index in [2.05, 4.69) is 5.32 Å². The second-order valence-electron chi connectivity index (χ2n) is 4.93. The number of nitrogens with zero attached hydrogens (tertiary/aromatic N) is 1. The predicted molar refractivity (Wildman–Crippen MR) is 69.3 cm³/mol. The topological polar surface area (TPSA) is 32.3 Å². The highest BCUT2D eigenvalue weighted by Gasteiger charge is 2.44. The van der Waals surface area contributed by atoms with Crippen molar-refractivity contribution in [3.05, 3.63) is 34.9 Å². The average molecular weight is 268 g/mol. The highest BCUT2D eigenvalue weighted by molar-refractivity contribution is 5.85. The third kappa shape index (κ3) is 2.76. The first-order valence-corrected chi connectivity index (χ1v) is 6.38. The first-order chi connectivity index (χ1) is 8.93. The molecule has 104 valence electrons. The first-order valence-electron chi connectivity index (χ1n) is 6.38. The molecule has 0 bridgehead atoms. The van der Waals surface area contributed by atoms with E-state index in [4.69, 9.17) is 0 Å². The number of piperazine rings is 1. The molecule has 0 spiro atoms. The standard InChI is InChI=1S/C14H18F2N2O/c1-10-3-4-12(11(2)9-10)14(15,16)13(19)18-7-5-17-6-8-18/h3-4,9,17H,5-8H2,1-2H3. The smallest absolute Gasteiger partial charge is 0.335 e. The molecule has 1 fully saturated rings. The number of aryl methyl sites for hydroxylation is 2. The van der Waals surface area contributed by atoms with Crippen molar-refractivity contribution < 1.29 is 13.6 Å². The fourth-order valence-electron chi connectivity index (χ4n) is 2.35. The monoisotopic (exact) mass is 268 g/mol. The van der Waals surface area contributed by atoms with Crippen LogP contribution in [-0.2, 0) is 10.7 Å². The molecule has 1 aromatic carbocycles. The molecule has 1 aliphatic rings. The lowest BCUT2D eigenvalue weighted by Crippen LogP contribution is -2.51. The molecule has 1 aliphatic heterocycles. The van der Waals surface area contributed by atoms with Crippen LogP contribution in [0, 0.1) is 13.8 Å². The maximum Gasteiger partial charge on any atom is 0.350 e. The molecule has 2 rings (SSSR count). The SMILES string of the molecule is Cc1ccc(C(F)(F)C(=O)N2CCNCC2)c(C)c1. The van der Waals surface area contributed by atoms with Crippen LogP contribution in [0.15, 0.2) is 18.2 Å². The molecule has 0 aliphatic carbocycles. The Hall–Kier alpha value is -1.49. The molecule has 1 N–H and O–H groups in total. The molecule has 19 heavy (non-hydrogen) atoms. The van der Waals surface area contributed by atoms with Crippen LogP contribution in [-0.4, -0.2) is 37.0 Å². The van der Waals surface area contributed by atoms with Gasteiger partial charge in [-0.15, -0.1) is 0 Å². The summed E-state index contributed by atoms with van der Waals surface area (Å²) >= 11 is 0. The number of alkyl halides is 2. The highest BCUT2D eigenvalue weighted by atomic mass is 19.3. The van der Waals surface area contributed by atoms with Gasteiger partial charge in [-0.05, 0) is 19.4 Å². The molecule has 1 amide bonds. The minimum atomic E-state index is -3.45. The van der Waals surface area contributed by atoms with Gasteiger partial charge in [0.05, 0.1) is 0 Å². The number of halogens is 2. The Morgan fingerprint density at radius 2 is 1.89 bits per heavy atom. The fraction of sp³-hybridized carbons (Fsp3) is 0.500. The van der Waals surface area contributed by atoms with Crippen LogP contribution in [0.1, 0.15) is 16.7 Å². The van der Waals surface area contributed by atoms with Gasteiger partial charge in [-0.2, -0.15) is 8.78 Å². The molecule has 0 aromatic heterocycles. The van der Waals surface area contributed by atoms with Gasteiger partial charge in [0.2, 0.25) is 0 Å². The van der Waals surface area contributed by atoms with Gasteiger partial charge in [0.1, 0.15) is 0 Å². The largest absolute Gasteiger partial charge is 0.350 e.